The van der Waals surface area contributed by atoms with Crippen LogP contribution in [0, 0.1) is 11.6 Å². The third-order valence-electron chi connectivity index (χ3n) is 5.94. The fourth-order valence-corrected chi connectivity index (χ4v) is 4.38. The smallest absolute Gasteiger partial charge is 0.416 e. The molecule has 5 heterocycles. The van der Waals surface area contributed by atoms with Crippen molar-refractivity contribution in [2.45, 2.75) is 12.8 Å². The van der Waals surface area contributed by atoms with Crippen molar-refractivity contribution in [1.82, 2.24) is 34.3 Å². The van der Waals surface area contributed by atoms with Crippen molar-refractivity contribution in [3.63, 3.8) is 0 Å². The number of hydrogen-bond donors (Lipinski definition) is 1. The van der Waals surface area contributed by atoms with Crippen molar-refractivity contribution >= 4 is 25.8 Å². The predicted octanol–water partition coefficient (Wildman–Crippen LogP) is 3.38. The second-order valence-electron chi connectivity index (χ2n) is 8.32. The van der Waals surface area contributed by atoms with Gasteiger partial charge in [0, 0.05) is 11.8 Å². The molecule has 1 saturated heterocycles. The normalized spacial score (nSPS) is 16.1. The summed E-state index contributed by atoms with van der Waals surface area (Å²) in [6.45, 7) is -0.294. The highest BCUT2D eigenvalue weighted by atomic mass is 31.1. The van der Waals surface area contributed by atoms with E-state index in [-0.39, 0.29) is 30.5 Å². The van der Waals surface area contributed by atoms with Gasteiger partial charge in [-0.3, -0.25) is 14.1 Å². The van der Waals surface area contributed by atoms with E-state index in [1.807, 2.05) is 0 Å². The minimum Gasteiger partial charge on any atom is -0.446 e. The molecule has 1 aliphatic rings. The number of hydrogen-bond acceptors (Lipinski definition) is 9. The van der Waals surface area contributed by atoms with Gasteiger partial charge in [-0.1, -0.05) is 6.07 Å². The van der Waals surface area contributed by atoms with E-state index >= 15 is 4.39 Å². The van der Waals surface area contributed by atoms with Crippen molar-refractivity contribution in [2.75, 3.05) is 11.5 Å². The number of carbonyl (C=O) groups excluding carboxylic acids is 1. The fourth-order valence-electron chi connectivity index (χ4n) is 4.14. The minimum absolute atomic E-state index is 0.0118. The van der Waals surface area contributed by atoms with Crippen LogP contribution in [-0.2, 0) is 20.6 Å². The Bertz CT molecular complexity index is 1730. The number of cyclic esters (lactones) is 1. The van der Waals surface area contributed by atoms with Gasteiger partial charge in [0.1, 0.15) is 43.2 Å². The molecule has 6 rings (SSSR count). The molecule has 5 aromatic rings. The molecule has 39 heavy (non-hydrogen) atoms. The maximum Gasteiger partial charge on any atom is 0.416 e. The average Bonchev–Trinajstić information content (AvgIpc) is 3.66. The number of benzene rings is 1. The molecule has 0 aliphatic carbocycles. The van der Waals surface area contributed by atoms with E-state index in [0.29, 0.717) is 22.5 Å². The summed E-state index contributed by atoms with van der Waals surface area (Å²) in [5.41, 5.74) is 1.84. The standard InChI is InChI=1S/C23H17F2N8O5P/c24-14-2-4-18(26-8-14)19-10-37-23(34)33(19)20-5-6-32-22(29-20)16(9-28-32)13-1-3-15(17(25)7-13)21-27-11-31(30-21)12-38-39(35)36/h1-9,11,19,39H,10,12H2,(H,35,36)/t19-/m1/s1. The van der Waals surface area contributed by atoms with Gasteiger partial charge in [0.2, 0.25) is 0 Å². The van der Waals surface area contributed by atoms with E-state index in [9.17, 15) is 13.8 Å². The van der Waals surface area contributed by atoms with E-state index in [4.69, 9.17) is 9.63 Å². The quantitative estimate of drug-likeness (QED) is 0.297. The molecule has 0 bridgehead atoms. The van der Waals surface area contributed by atoms with Crippen molar-refractivity contribution < 1.29 is 32.3 Å². The first-order valence-electron chi connectivity index (χ1n) is 11.3. The molecular formula is C23H17F2N8O5P. The van der Waals surface area contributed by atoms with Crippen LogP contribution in [-0.4, -0.2) is 51.9 Å². The topological polar surface area (TPSA) is 150 Å². The Morgan fingerprint density at radius 2 is 2.00 bits per heavy atom. The van der Waals surface area contributed by atoms with Crippen molar-refractivity contribution in [3.8, 4) is 22.5 Å². The van der Waals surface area contributed by atoms with Gasteiger partial charge in [0.25, 0.3) is 0 Å². The Kier molecular flexibility index (Phi) is 6.30. The zero-order valence-electron chi connectivity index (χ0n) is 19.7. The van der Waals surface area contributed by atoms with E-state index in [0.717, 1.165) is 10.9 Å². The number of pyridine rings is 1. The van der Waals surface area contributed by atoms with E-state index < -0.39 is 32.0 Å². The lowest BCUT2D eigenvalue weighted by Crippen LogP contribution is -2.28. The molecule has 13 nitrogen and oxygen atoms in total. The highest BCUT2D eigenvalue weighted by Gasteiger charge is 2.37. The number of fused-ring (bicyclic) bond motifs is 1. The lowest BCUT2D eigenvalue weighted by molar-refractivity contribution is 0.178. The molecule has 0 spiro atoms. The molecule has 1 amide bonds. The summed E-state index contributed by atoms with van der Waals surface area (Å²) in [4.78, 5) is 35.4. The molecule has 0 saturated carbocycles. The zero-order chi connectivity index (χ0) is 27.1. The highest BCUT2D eigenvalue weighted by Crippen LogP contribution is 2.33. The molecule has 1 fully saturated rings. The molecule has 16 heteroatoms. The number of halogens is 2. The monoisotopic (exact) mass is 554 g/mol. The van der Waals surface area contributed by atoms with Gasteiger partial charge in [-0.05, 0) is 35.9 Å². The molecule has 1 unspecified atom stereocenters. The van der Waals surface area contributed by atoms with Gasteiger partial charge in [0.15, 0.2) is 11.5 Å². The maximum absolute atomic E-state index is 15.1. The summed E-state index contributed by atoms with van der Waals surface area (Å²) < 4.78 is 51.7. The lowest BCUT2D eigenvalue weighted by Gasteiger charge is -2.20. The first-order valence-corrected chi connectivity index (χ1v) is 12.6. The van der Waals surface area contributed by atoms with Crippen molar-refractivity contribution in [3.05, 3.63) is 78.6 Å². The summed E-state index contributed by atoms with van der Waals surface area (Å²) in [7, 11) is -3.15. The molecule has 198 valence electrons. The van der Waals surface area contributed by atoms with Gasteiger partial charge in [-0.15, -0.1) is 5.10 Å². The van der Waals surface area contributed by atoms with Crippen LogP contribution >= 0.6 is 8.25 Å². The van der Waals surface area contributed by atoms with Crippen molar-refractivity contribution in [1.29, 1.82) is 0 Å². The summed E-state index contributed by atoms with van der Waals surface area (Å²) >= 11 is 0. The first kappa shape index (κ1) is 24.7. The number of ether oxygens (including phenoxy) is 1. The molecule has 0 radical (unpaired) electrons. The van der Waals surface area contributed by atoms with Gasteiger partial charge in [0.05, 0.1) is 23.7 Å². The van der Waals surface area contributed by atoms with Crippen LogP contribution in [0.15, 0.2) is 61.3 Å². The number of rotatable bonds is 7. The molecule has 1 N–H and O–H groups in total. The molecule has 1 aromatic carbocycles. The van der Waals surface area contributed by atoms with Crippen LogP contribution in [0.1, 0.15) is 11.7 Å². The summed E-state index contributed by atoms with van der Waals surface area (Å²) in [6, 6.07) is 8.09. The van der Waals surface area contributed by atoms with E-state index in [1.165, 1.54) is 46.2 Å². The van der Waals surface area contributed by atoms with Crippen molar-refractivity contribution in [2.24, 2.45) is 0 Å². The zero-order valence-corrected chi connectivity index (χ0v) is 20.7. The summed E-state index contributed by atoms with van der Waals surface area (Å²) in [5.74, 6) is -0.811. The first-order chi connectivity index (χ1) is 18.9. The second kappa shape index (κ2) is 9.94. The summed E-state index contributed by atoms with van der Waals surface area (Å²) in [6.07, 6.45) is 4.80. The second-order valence-corrected chi connectivity index (χ2v) is 9.14. The Morgan fingerprint density at radius 1 is 1.13 bits per heavy atom. The Balaban J connectivity index is 1.32. The third-order valence-corrected chi connectivity index (χ3v) is 6.32. The number of aromatic nitrogens is 7. The SMILES string of the molecule is O=C1OC[C@H](c2ccc(F)cn2)N1c1ccn2ncc(-c3ccc(-c4ncn(CO[PH](=O)O)n4)c(F)c3)c2n1. The minimum atomic E-state index is -3.15. The molecule has 2 atom stereocenters. The number of amides is 1. The fraction of sp³-hybridized carbons (Fsp3) is 0.130. The van der Waals surface area contributed by atoms with Crippen LogP contribution in [0.25, 0.3) is 28.2 Å². The molecular weight excluding hydrogens is 537 g/mol. The lowest BCUT2D eigenvalue weighted by atomic mass is 10.1. The van der Waals surface area contributed by atoms with Crippen LogP contribution in [0.3, 0.4) is 0 Å². The van der Waals surface area contributed by atoms with Crippen LogP contribution in [0.5, 0.6) is 0 Å². The van der Waals surface area contributed by atoms with Crippen LogP contribution < -0.4 is 4.90 Å². The van der Waals surface area contributed by atoms with Gasteiger partial charge < -0.3 is 9.63 Å². The van der Waals surface area contributed by atoms with Crippen LogP contribution in [0.4, 0.5) is 19.4 Å². The number of nitrogens with zero attached hydrogens (tertiary/aromatic N) is 8. The Hall–Kier alpha value is -4.59. The van der Waals surface area contributed by atoms with Gasteiger partial charge >= 0.3 is 14.3 Å². The highest BCUT2D eigenvalue weighted by molar-refractivity contribution is 7.32. The Morgan fingerprint density at radius 3 is 2.77 bits per heavy atom. The summed E-state index contributed by atoms with van der Waals surface area (Å²) in [5, 5.41) is 8.33. The Labute approximate surface area is 218 Å². The molecule has 1 aliphatic heterocycles. The van der Waals surface area contributed by atoms with Crippen LogP contribution in [0.2, 0.25) is 0 Å². The maximum atomic E-state index is 15.1. The van der Waals surface area contributed by atoms with Gasteiger partial charge in [-0.25, -0.2) is 37.6 Å². The molecule has 4 aromatic heterocycles. The van der Waals surface area contributed by atoms with Gasteiger partial charge in [-0.2, -0.15) is 5.10 Å². The number of carbonyl (C=O) groups is 1. The van der Waals surface area contributed by atoms with E-state index in [2.05, 4.69) is 29.7 Å². The largest absolute Gasteiger partial charge is 0.446 e. The average molecular weight is 554 g/mol. The third kappa shape index (κ3) is 4.74. The van der Waals surface area contributed by atoms with E-state index in [1.54, 1.807) is 18.3 Å². The number of anilines is 1. The predicted molar refractivity (Wildman–Crippen MR) is 130 cm³/mol.